The zero-order valence-electron chi connectivity index (χ0n) is 14.9. The number of fused-ring (bicyclic) bond motifs is 1. The third-order valence-corrected chi connectivity index (χ3v) is 6.40. The highest BCUT2D eigenvalue weighted by atomic mass is 32.1. The van der Waals surface area contributed by atoms with Gasteiger partial charge >= 0.3 is 0 Å². The molecule has 1 aromatic carbocycles. The molecule has 1 aliphatic heterocycles. The van der Waals surface area contributed by atoms with Gasteiger partial charge in [-0.3, -0.25) is 9.59 Å². The van der Waals surface area contributed by atoms with E-state index >= 15 is 0 Å². The van der Waals surface area contributed by atoms with E-state index in [9.17, 15) is 9.59 Å². The first-order valence-corrected chi connectivity index (χ1v) is 10.3. The van der Waals surface area contributed by atoms with Crippen LogP contribution in [0.2, 0.25) is 0 Å². The van der Waals surface area contributed by atoms with Gasteiger partial charge in [-0.2, -0.15) is 0 Å². The zero-order valence-corrected chi connectivity index (χ0v) is 15.7. The fourth-order valence-electron chi connectivity index (χ4n) is 4.03. The average molecular weight is 369 g/mol. The van der Waals surface area contributed by atoms with E-state index in [-0.39, 0.29) is 17.7 Å². The number of nitrogens with zero attached hydrogens (tertiary/aromatic N) is 1. The summed E-state index contributed by atoms with van der Waals surface area (Å²) in [5.74, 6) is 0.185. The van der Waals surface area contributed by atoms with Gasteiger partial charge in [-0.25, -0.2) is 0 Å². The number of carbonyl (C=O) groups excluding carboxylic acids is 2. The highest BCUT2D eigenvalue weighted by Gasteiger charge is 2.28. The first kappa shape index (κ1) is 17.3. The molecule has 26 heavy (non-hydrogen) atoms. The lowest BCUT2D eigenvalue weighted by Gasteiger charge is -2.31. The Morgan fingerprint density at radius 2 is 1.85 bits per heavy atom. The van der Waals surface area contributed by atoms with Crippen LogP contribution in [-0.4, -0.2) is 29.8 Å². The monoisotopic (exact) mass is 368 g/mol. The predicted octanol–water partition coefficient (Wildman–Crippen LogP) is 4.12. The minimum atomic E-state index is -0.0122. The third kappa shape index (κ3) is 3.54. The number of piperidine rings is 1. The van der Waals surface area contributed by atoms with Crippen LogP contribution < -0.4 is 5.32 Å². The van der Waals surface area contributed by atoms with Crippen molar-refractivity contribution < 1.29 is 9.59 Å². The lowest BCUT2D eigenvalue weighted by atomic mass is 9.90. The van der Waals surface area contributed by atoms with Crippen molar-refractivity contribution in [1.82, 2.24) is 4.90 Å². The number of amides is 2. The van der Waals surface area contributed by atoms with Crippen LogP contribution in [0.5, 0.6) is 0 Å². The van der Waals surface area contributed by atoms with Gasteiger partial charge in [-0.05, 0) is 67.2 Å². The van der Waals surface area contributed by atoms with Crippen molar-refractivity contribution in [3.05, 3.63) is 51.7 Å². The maximum Gasteiger partial charge on any atom is 0.263 e. The van der Waals surface area contributed by atoms with E-state index in [1.54, 1.807) is 0 Å². The van der Waals surface area contributed by atoms with Gasteiger partial charge in [0.25, 0.3) is 5.91 Å². The average Bonchev–Trinajstić information content (AvgIpc) is 3.23. The summed E-state index contributed by atoms with van der Waals surface area (Å²) in [6, 6.07) is 10.0. The molecule has 136 valence electrons. The smallest absolute Gasteiger partial charge is 0.263 e. The highest BCUT2D eigenvalue weighted by Crippen LogP contribution is 2.29. The molecule has 1 fully saturated rings. The van der Waals surface area contributed by atoms with Gasteiger partial charge in [0.05, 0.1) is 4.88 Å². The second-order valence-corrected chi connectivity index (χ2v) is 8.13. The summed E-state index contributed by atoms with van der Waals surface area (Å²) in [5.41, 5.74) is 3.69. The molecule has 5 heteroatoms. The Balaban J connectivity index is 1.36. The molecule has 2 heterocycles. The number of hydrogen-bond donors (Lipinski definition) is 1. The van der Waals surface area contributed by atoms with Gasteiger partial charge in [0.2, 0.25) is 5.91 Å². The maximum absolute atomic E-state index is 12.7. The van der Waals surface area contributed by atoms with Crippen molar-refractivity contribution in [3.8, 4) is 0 Å². The van der Waals surface area contributed by atoms with E-state index in [1.807, 2.05) is 34.5 Å². The Morgan fingerprint density at radius 1 is 1.04 bits per heavy atom. The van der Waals surface area contributed by atoms with Gasteiger partial charge in [0.15, 0.2) is 0 Å². The predicted molar refractivity (Wildman–Crippen MR) is 105 cm³/mol. The summed E-state index contributed by atoms with van der Waals surface area (Å²) in [7, 11) is 0. The molecule has 4 nitrogen and oxygen atoms in total. The Morgan fingerprint density at radius 3 is 2.62 bits per heavy atom. The van der Waals surface area contributed by atoms with Crippen LogP contribution in [0.3, 0.4) is 0 Å². The van der Waals surface area contributed by atoms with E-state index in [1.165, 1.54) is 35.3 Å². The second-order valence-electron chi connectivity index (χ2n) is 7.18. The van der Waals surface area contributed by atoms with Crippen LogP contribution >= 0.6 is 11.3 Å². The summed E-state index contributed by atoms with van der Waals surface area (Å²) in [4.78, 5) is 27.8. The van der Waals surface area contributed by atoms with Crippen molar-refractivity contribution in [2.45, 2.75) is 38.5 Å². The number of aryl methyl sites for hydroxylation is 1. The molecule has 1 saturated heterocycles. The first-order valence-electron chi connectivity index (χ1n) is 9.47. The summed E-state index contributed by atoms with van der Waals surface area (Å²) in [6.07, 6.45) is 6.07. The van der Waals surface area contributed by atoms with E-state index in [0.717, 1.165) is 36.2 Å². The van der Waals surface area contributed by atoms with Gasteiger partial charge < -0.3 is 10.2 Å². The van der Waals surface area contributed by atoms with Crippen LogP contribution in [0.4, 0.5) is 5.69 Å². The standard InChI is InChI=1S/C21H24N2O2S/c24-20(22-18-8-3-6-15-5-1-2-7-17(15)18)16-10-12-23(13-11-16)21(25)19-9-4-14-26-19/h3-4,6,8-9,14,16H,1-2,5,7,10-13H2,(H,22,24). The Bertz CT molecular complexity index is 792. The number of carbonyl (C=O) groups is 2. The summed E-state index contributed by atoms with van der Waals surface area (Å²) >= 11 is 1.48. The Labute approximate surface area is 158 Å². The van der Waals surface area contributed by atoms with E-state index in [2.05, 4.69) is 11.4 Å². The molecule has 0 radical (unpaired) electrons. The molecule has 0 spiro atoms. The highest BCUT2D eigenvalue weighted by molar-refractivity contribution is 7.12. The number of benzene rings is 1. The number of thiophene rings is 1. The summed E-state index contributed by atoms with van der Waals surface area (Å²) in [6.45, 7) is 1.31. The van der Waals surface area contributed by atoms with Crippen molar-refractivity contribution in [2.75, 3.05) is 18.4 Å². The molecule has 0 saturated carbocycles. The molecule has 0 bridgehead atoms. The molecule has 2 aromatic rings. The van der Waals surface area contributed by atoms with Crippen LogP contribution in [0, 0.1) is 5.92 Å². The van der Waals surface area contributed by atoms with Gasteiger partial charge in [-0.15, -0.1) is 11.3 Å². The molecule has 4 rings (SSSR count). The first-order chi connectivity index (χ1) is 12.7. The number of likely N-dealkylation sites (tertiary alicyclic amines) is 1. The molecule has 0 unspecified atom stereocenters. The van der Waals surface area contributed by atoms with Crippen LogP contribution in [0.15, 0.2) is 35.7 Å². The molecule has 1 aromatic heterocycles. The fourth-order valence-corrected chi connectivity index (χ4v) is 4.72. The SMILES string of the molecule is O=C(Nc1cccc2c1CCCC2)C1CCN(C(=O)c2cccs2)CC1. The molecule has 2 amide bonds. The van der Waals surface area contributed by atoms with Crippen LogP contribution in [0.1, 0.15) is 46.5 Å². The lowest BCUT2D eigenvalue weighted by Crippen LogP contribution is -2.41. The molecule has 0 atom stereocenters. The number of nitrogens with one attached hydrogen (secondary N) is 1. The molecule has 1 aliphatic carbocycles. The second kappa shape index (κ2) is 7.62. The minimum absolute atomic E-state index is 0.0122. The number of hydrogen-bond acceptors (Lipinski definition) is 3. The van der Waals surface area contributed by atoms with Gasteiger partial charge in [0, 0.05) is 24.7 Å². The Kier molecular flexibility index (Phi) is 5.07. The normalized spacial score (nSPS) is 17.6. The molecular formula is C21H24N2O2S. The van der Waals surface area contributed by atoms with Crippen LogP contribution in [-0.2, 0) is 17.6 Å². The fraction of sp³-hybridized carbons (Fsp3) is 0.429. The van der Waals surface area contributed by atoms with Crippen molar-refractivity contribution in [1.29, 1.82) is 0 Å². The number of anilines is 1. The minimum Gasteiger partial charge on any atom is -0.338 e. The van der Waals surface area contributed by atoms with Crippen LogP contribution in [0.25, 0.3) is 0 Å². The quantitative estimate of drug-likeness (QED) is 0.886. The van der Waals surface area contributed by atoms with E-state index in [0.29, 0.717) is 13.1 Å². The summed E-state index contributed by atoms with van der Waals surface area (Å²) in [5, 5.41) is 5.10. The Hall–Kier alpha value is -2.14. The lowest BCUT2D eigenvalue weighted by molar-refractivity contribution is -0.121. The molecule has 2 aliphatic rings. The van der Waals surface area contributed by atoms with E-state index < -0.39 is 0 Å². The molecular weight excluding hydrogens is 344 g/mol. The maximum atomic E-state index is 12.7. The third-order valence-electron chi connectivity index (χ3n) is 5.54. The number of rotatable bonds is 3. The van der Waals surface area contributed by atoms with Crippen molar-refractivity contribution in [2.24, 2.45) is 5.92 Å². The zero-order chi connectivity index (χ0) is 17.9. The summed E-state index contributed by atoms with van der Waals surface area (Å²) < 4.78 is 0. The van der Waals surface area contributed by atoms with Crippen molar-refractivity contribution >= 4 is 28.8 Å². The largest absolute Gasteiger partial charge is 0.338 e. The van der Waals surface area contributed by atoms with Gasteiger partial charge in [0.1, 0.15) is 0 Å². The van der Waals surface area contributed by atoms with Crippen molar-refractivity contribution in [3.63, 3.8) is 0 Å². The van der Waals surface area contributed by atoms with E-state index in [4.69, 9.17) is 0 Å². The topological polar surface area (TPSA) is 49.4 Å². The van der Waals surface area contributed by atoms with Gasteiger partial charge in [-0.1, -0.05) is 18.2 Å². The molecule has 1 N–H and O–H groups in total.